The van der Waals surface area contributed by atoms with Crippen LogP contribution in [0.25, 0.3) is 0 Å². The van der Waals surface area contributed by atoms with E-state index in [1.165, 1.54) is 0 Å². The van der Waals surface area contributed by atoms with E-state index in [2.05, 4.69) is 0 Å². The number of nitro groups is 1. The van der Waals surface area contributed by atoms with Gasteiger partial charge in [-0.2, -0.15) is 13.2 Å². The summed E-state index contributed by atoms with van der Waals surface area (Å²) < 4.78 is 46.3. The van der Waals surface area contributed by atoms with E-state index in [1.807, 2.05) is 20.8 Å². The zero-order chi connectivity index (χ0) is 19.6. The largest absolute Gasteiger partial charge is 0.460 e. The molecule has 0 saturated heterocycles. The molecule has 1 aromatic carbocycles. The maximum Gasteiger partial charge on any atom is 0.460 e. The van der Waals surface area contributed by atoms with E-state index in [9.17, 15) is 23.3 Å². The minimum Gasteiger partial charge on any atom is -0.406 e. The molecule has 0 aliphatic heterocycles. The van der Waals surface area contributed by atoms with Crippen LogP contribution in [0.1, 0.15) is 39.2 Å². The lowest BCUT2D eigenvalue weighted by molar-refractivity contribution is -0.574. The highest BCUT2D eigenvalue weighted by molar-refractivity contribution is 6.74. The Balaban J connectivity index is 3.38. The molecule has 0 fully saturated rings. The maximum absolute atomic E-state index is 13.5. The summed E-state index contributed by atoms with van der Waals surface area (Å²) in [5.41, 5.74) is 0.585. The van der Waals surface area contributed by atoms with Gasteiger partial charge in [-0.1, -0.05) is 58.0 Å². The molecule has 0 bridgehead atoms. The van der Waals surface area contributed by atoms with E-state index in [1.54, 1.807) is 50.3 Å². The molecular weight excluding hydrogens is 351 g/mol. The van der Waals surface area contributed by atoms with Crippen LogP contribution in [0.3, 0.4) is 0 Å². The Labute approximate surface area is 147 Å². The number of alkyl halides is 3. The van der Waals surface area contributed by atoms with Crippen molar-refractivity contribution in [1.82, 2.24) is 0 Å². The van der Waals surface area contributed by atoms with E-state index >= 15 is 0 Å². The van der Waals surface area contributed by atoms with Gasteiger partial charge in [-0.05, 0) is 23.7 Å². The molecule has 0 aromatic heterocycles. The molecule has 1 aromatic rings. The molecule has 0 amide bonds. The first-order valence-corrected chi connectivity index (χ1v) is 11.0. The van der Waals surface area contributed by atoms with Crippen molar-refractivity contribution in [2.24, 2.45) is 0 Å². The lowest BCUT2D eigenvalue weighted by atomic mass is 9.91. The zero-order valence-electron chi connectivity index (χ0n) is 15.4. The minimum atomic E-state index is -4.99. The molecule has 0 spiro atoms. The van der Waals surface area contributed by atoms with Crippen LogP contribution >= 0.6 is 0 Å². The summed E-state index contributed by atoms with van der Waals surface area (Å²) in [6.45, 7) is 10.8. The molecule has 0 saturated carbocycles. The standard InChI is InChI=1S/C17H26F3NO3Si/c1-12(13-10-8-7-9-11-13)14(15(21(22)23)17(18,19)20)24-25(5,6)16(2,3)4/h7-12,14-15H,1-6H3/t12?,14-,15+/m0/s1. The van der Waals surface area contributed by atoms with Crippen molar-refractivity contribution in [2.75, 3.05) is 0 Å². The molecule has 8 heteroatoms. The van der Waals surface area contributed by atoms with Gasteiger partial charge in [-0.25, -0.2) is 0 Å². The molecule has 1 unspecified atom stereocenters. The van der Waals surface area contributed by atoms with Gasteiger partial charge in [0.25, 0.3) is 0 Å². The highest BCUT2D eigenvalue weighted by Gasteiger charge is 2.58. The third-order valence-corrected chi connectivity index (χ3v) is 9.40. The summed E-state index contributed by atoms with van der Waals surface area (Å²) in [6.07, 6.45) is -6.57. The highest BCUT2D eigenvalue weighted by Crippen LogP contribution is 2.42. The average molecular weight is 377 g/mol. The number of rotatable bonds is 6. The van der Waals surface area contributed by atoms with Gasteiger partial charge < -0.3 is 4.43 Å². The summed E-state index contributed by atoms with van der Waals surface area (Å²) in [4.78, 5) is 10.0. The van der Waals surface area contributed by atoms with E-state index < -0.39 is 37.5 Å². The Hall–Kier alpha value is -1.41. The van der Waals surface area contributed by atoms with Crippen molar-refractivity contribution in [2.45, 2.75) is 70.1 Å². The van der Waals surface area contributed by atoms with Crippen LogP contribution in [0.4, 0.5) is 13.2 Å². The van der Waals surface area contributed by atoms with Crippen LogP contribution in [-0.2, 0) is 4.43 Å². The van der Waals surface area contributed by atoms with Gasteiger partial charge >= 0.3 is 12.2 Å². The van der Waals surface area contributed by atoms with E-state index in [-0.39, 0.29) is 5.04 Å². The molecule has 3 atom stereocenters. The number of hydrogen-bond donors (Lipinski definition) is 0. The number of hydrogen-bond acceptors (Lipinski definition) is 3. The number of nitrogens with zero attached hydrogens (tertiary/aromatic N) is 1. The van der Waals surface area contributed by atoms with Crippen LogP contribution in [0, 0.1) is 10.1 Å². The molecule has 0 heterocycles. The second kappa shape index (κ2) is 7.45. The van der Waals surface area contributed by atoms with Crippen LogP contribution in [0.5, 0.6) is 0 Å². The first-order valence-electron chi connectivity index (χ1n) is 8.11. The molecule has 142 valence electrons. The smallest absolute Gasteiger partial charge is 0.406 e. The van der Waals surface area contributed by atoms with Crippen LogP contribution in [0.2, 0.25) is 18.1 Å². The molecule has 0 N–H and O–H groups in total. The number of benzene rings is 1. The fourth-order valence-corrected chi connectivity index (χ4v) is 3.70. The van der Waals surface area contributed by atoms with Crippen molar-refractivity contribution < 1.29 is 22.5 Å². The van der Waals surface area contributed by atoms with E-state index in [0.29, 0.717) is 5.56 Å². The molecule has 4 nitrogen and oxygen atoms in total. The summed E-state index contributed by atoms with van der Waals surface area (Å²) in [6, 6.07) is 5.71. The lowest BCUT2D eigenvalue weighted by Crippen LogP contribution is -2.55. The Morgan fingerprint density at radius 3 is 1.96 bits per heavy atom. The first-order chi connectivity index (χ1) is 11.2. The fourth-order valence-electron chi connectivity index (χ4n) is 2.33. The Bertz CT molecular complexity index is 585. The van der Waals surface area contributed by atoms with Crippen molar-refractivity contribution in [1.29, 1.82) is 0 Å². The second-order valence-corrected chi connectivity index (χ2v) is 12.6. The van der Waals surface area contributed by atoms with Crippen LogP contribution in [0.15, 0.2) is 30.3 Å². The van der Waals surface area contributed by atoms with Gasteiger partial charge in [-0.3, -0.25) is 10.1 Å². The maximum atomic E-state index is 13.5. The molecular formula is C17H26F3NO3Si. The average Bonchev–Trinajstić information content (AvgIpc) is 2.43. The van der Waals surface area contributed by atoms with Crippen molar-refractivity contribution in [3.8, 4) is 0 Å². The summed E-state index contributed by atoms with van der Waals surface area (Å²) in [5.74, 6) is -0.771. The minimum absolute atomic E-state index is 0.367. The topological polar surface area (TPSA) is 52.4 Å². The van der Waals surface area contributed by atoms with Crippen molar-refractivity contribution in [3.05, 3.63) is 46.0 Å². The SMILES string of the molecule is CC(c1ccccc1)[C@H](O[Si](C)(C)C(C)(C)C)[C@@H]([N+](=O)[O-])C(F)(F)F. The summed E-state index contributed by atoms with van der Waals surface area (Å²) >= 11 is 0. The Morgan fingerprint density at radius 2 is 1.60 bits per heavy atom. The third-order valence-electron chi connectivity index (χ3n) is 4.93. The molecule has 1 rings (SSSR count). The molecule has 25 heavy (non-hydrogen) atoms. The fraction of sp³-hybridized carbons (Fsp3) is 0.647. The van der Waals surface area contributed by atoms with Gasteiger partial charge in [0.2, 0.25) is 0 Å². The highest BCUT2D eigenvalue weighted by atomic mass is 28.4. The second-order valence-electron chi connectivity index (χ2n) is 7.81. The molecule has 0 radical (unpaired) electrons. The monoisotopic (exact) mass is 377 g/mol. The normalized spacial score (nSPS) is 17.0. The van der Waals surface area contributed by atoms with E-state index in [4.69, 9.17) is 4.43 Å². The third kappa shape index (κ3) is 5.28. The van der Waals surface area contributed by atoms with Gasteiger partial charge in [0.1, 0.15) is 6.10 Å². The predicted octanol–water partition coefficient (Wildman–Crippen LogP) is 5.39. The van der Waals surface area contributed by atoms with Gasteiger partial charge in [-0.15, -0.1) is 0 Å². The van der Waals surface area contributed by atoms with Gasteiger partial charge in [0.05, 0.1) is 0 Å². The van der Waals surface area contributed by atoms with Gasteiger partial charge in [0, 0.05) is 10.8 Å². The van der Waals surface area contributed by atoms with Crippen LogP contribution in [-0.4, -0.2) is 31.6 Å². The van der Waals surface area contributed by atoms with Crippen molar-refractivity contribution in [3.63, 3.8) is 0 Å². The summed E-state index contributed by atoms with van der Waals surface area (Å²) in [5, 5.41) is 10.9. The van der Waals surface area contributed by atoms with E-state index in [0.717, 1.165) is 0 Å². The molecule has 0 aliphatic carbocycles. The van der Waals surface area contributed by atoms with Gasteiger partial charge in [0.15, 0.2) is 8.32 Å². The Kier molecular flexibility index (Phi) is 6.45. The zero-order valence-corrected chi connectivity index (χ0v) is 16.4. The first kappa shape index (κ1) is 21.6. The van der Waals surface area contributed by atoms with Crippen LogP contribution < -0.4 is 0 Å². The Morgan fingerprint density at radius 1 is 1.12 bits per heavy atom. The number of halogens is 3. The summed E-state index contributed by atoms with van der Waals surface area (Å²) in [7, 11) is -2.66. The lowest BCUT2D eigenvalue weighted by Gasteiger charge is -2.41. The van der Waals surface area contributed by atoms with Crippen molar-refractivity contribution >= 4 is 8.32 Å². The molecule has 0 aliphatic rings. The quantitative estimate of drug-likeness (QED) is 0.379. The predicted molar refractivity (Wildman–Crippen MR) is 93.8 cm³/mol.